The maximum absolute atomic E-state index is 11.2. The molecule has 0 radical (unpaired) electrons. The van der Waals surface area contributed by atoms with Gasteiger partial charge in [-0.25, -0.2) is 4.79 Å². The van der Waals surface area contributed by atoms with E-state index in [1.165, 1.54) is 0 Å². The number of furan rings is 1. The van der Waals surface area contributed by atoms with Gasteiger partial charge in [0.2, 0.25) is 0 Å². The first kappa shape index (κ1) is 14.0. The van der Waals surface area contributed by atoms with Gasteiger partial charge in [0.15, 0.2) is 0 Å². The maximum atomic E-state index is 11.2. The molecular weight excluding hydrogens is 254 g/mol. The monoisotopic (exact) mass is 273 g/mol. The van der Waals surface area contributed by atoms with Gasteiger partial charge in [-0.3, -0.25) is 0 Å². The Balaban J connectivity index is 1.88. The fourth-order valence-corrected chi connectivity index (χ4v) is 1.91. The minimum absolute atomic E-state index is 0.225. The van der Waals surface area contributed by atoms with Gasteiger partial charge in [-0.15, -0.1) is 0 Å². The molecule has 20 heavy (non-hydrogen) atoms. The molecule has 2 amide bonds. The quantitative estimate of drug-likeness (QED) is 0.784. The second-order valence-corrected chi connectivity index (χ2v) is 4.61. The number of carbonyl (C=O) groups excluding carboxylic acids is 1. The summed E-state index contributed by atoms with van der Waals surface area (Å²) in [7, 11) is 1.58. The van der Waals surface area contributed by atoms with E-state index in [0.717, 1.165) is 23.6 Å². The van der Waals surface area contributed by atoms with Crippen molar-refractivity contribution in [3.63, 3.8) is 0 Å². The van der Waals surface area contributed by atoms with Crippen LogP contribution in [0.2, 0.25) is 0 Å². The minimum atomic E-state index is -0.225. The standard InChI is InChI=1S/C15H19N3O2/c1-11(10-14-4-3-9-20-14)17-12-5-7-13(8-6-12)18-15(19)16-2/h3-9,11,17H,10H2,1-2H3,(H2,16,18,19). The van der Waals surface area contributed by atoms with Gasteiger partial charge in [-0.2, -0.15) is 0 Å². The lowest BCUT2D eigenvalue weighted by atomic mass is 10.2. The molecule has 5 nitrogen and oxygen atoms in total. The van der Waals surface area contributed by atoms with E-state index in [1.54, 1.807) is 13.3 Å². The Morgan fingerprint density at radius 1 is 1.20 bits per heavy atom. The molecule has 0 aliphatic rings. The third-order valence-electron chi connectivity index (χ3n) is 2.87. The Morgan fingerprint density at radius 3 is 2.50 bits per heavy atom. The molecule has 0 saturated heterocycles. The van der Waals surface area contributed by atoms with Crippen molar-refractivity contribution < 1.29 is 9.21 Å². The number of hydrogen-bond acceptors (Lipinski definition) is 3. The maximum Gasteiger partial charge on any atom is 0.318 e. The summed E-state index contributed by atoms with van der Waals surface area (Å²) < 4.78 is 5.32. The van der Waals surface area contributed by atoms with Crippen molar-refractivity contribution in [2.24, 2.45) is 0 Å². The van der Waals surface area contributed by atoms with Crippen LogP contribution in [0.1, 0.15) is 12.7 Å². The lowest BCUT2D eigenvalue weighted by molar-refractivity contribution is 0.254. The number of carbonyl (C=O) groups is 1. The molecule has 0 aliphatic heterocycles. The van der Waals surface area contributed by atoms with Gasteiger partial charge in [0.05, 0.1) is 6.26 Å². The van der Waals surface area contributed by atoms with Gasteiger partial charge in [0.25, 0.3) is 0 Å². The number of urea groups is 1. The van der Waals surface area contributed by atoms with Crippen molar-refractivity contribution in [2.75, 3.05) is 17.7 Å². The molecule has 0 saturated carbocycles. The van der Waals surface area contributed by atoms with Crippen molar-refractivity contribution in [2.45, 2.75) is 19.4 Å². The van der Waals surface area contributed by atoms with E-state index >= 15 is 0 Å². The van der Waals surface area contributed by atoms with Crippen molar-refractivity contribution in [1.29, 1.82) is 0 Å². The number of anilines is 2. The van der Waals surface area contributed by atoms with E-state index in [-0.39, 0.29) is 12.1 Å². The van der Waals surface area contributed by atoms with Crippen LogP contribution in [0.25, 0.3) is 0 Å². The molecular formula is C15H19N3O2. The Labute approximate surface area is 118 Å². The summed E-state index contributed by atoms with van der Waals surface area (Å²) in [4.78, 5) is 11.2. The second-order valence-electron chi connectivity index (χ2n) is 4.61. The molecule has 1 aromatic heterocycles. The van der Waals surface area contributed by atoms with Crippen molar-refractivity contribution >= 4 is 17.4 Å². The van der Waals surface area contributed by atoms with E-state index in [0.29, 0.717) is 0 Å². The first-order valence-electron chi connectivity index (χ1n) is 6.55. The Morgan fingerprint density at radius 2 is 1.90 bits per heavy atom. The average Bonchev–Trinajstić information content (AvgIpc) is 2.93. The van der Waals surface area contributed by atoms with Gasteiger partial charge in [0, 0.05) is 30.9 Å². The molecule has 1 atom stereocenters. The largest absolute Gasteiger partial charge is 0.469 e. The van der Waals surface area contributed by atoms with Crippen LogP contribution < -0.4 is 16.0 Å². The third-order valence-corrected chi connectivity index (χ3v) is 2.87. The normalized spacial score (nSPS) is 11.7. The molecule has 2 rings (SSSR count). The predicted molar refractivity (Wildman–Crippen MR) is 80.0 cm³/mol. The summed E-state index contributed by atoms with van der Waals surface area (Å²) in [6.45, 7) is 2.10. The van der Waals surface area contributed by atoms with Crippen LogP contribution in [-0.2, 0) is 6.42 Å². The lowest BCUT2D eigenvalue weighted by Crippen LogP contribution is -2.24. The Hall–Kier alpha value is -2.43. The molecule has 3 N–H and O–H groups in total. The van der Waals surface area contributed by atoms with Crippen LogP contribution in [0.5, 0.6) is 0 Å². The molecule has 0 aliphatic carbocycles. The van der Waals surface area contributed by atoms with Crippen molar-refractivity contribution in [3.8, 4) is 0 Å². The van der Waals surface area contributed by atoms with Gasteiger partial charge < -0.3 is 20.4 Å². The van der Waals surface area contributed by atoms with Gasteiger partial charge >= 0.3 is 6.03 Å². The topological polar surface area (TPSA) is 66.3 Å². The van der Waals surface area contributed by atoms with Crippen LogP contribution >= 0.6 is 0 Å². The van der Waals surface area contributed by atoms with Crippen LogP contribution in [0.15, 0.2) is 47.1 Å². The van der Waals surface area contributed by atoms with Crippen LogP contribution in [0, 0.1) is 0 Å². The number of nitrogens with one attached hydrogen (secondary N) is 3. The van der Waals surface area contributed by atoms with Crippen molar-refractivity contribution in [1.82, 2.24) is 5.32 Å². The van der Waals surface area contributed by atoms with Crippen LogP contribution in [0.4, 0.5) is 16.2 Å². The predicted octanol–water partition coefficient (Wildman–Crippen LogP) is 3.07. The number of rotatable bonds is 5. The molecule has 106 valence electrons. The van der Waals surface area contributed by atoms with E-state index in [1.807, 2.05) is 36.4 Å². The summed E-state index contributed by atoms with van der Waals surface area (Å²) in [6, 6.07) is 11.5. The smallest absolute Gasteiger partial charge is 0.318 e. The number of amides is 2. The average molecular weight is 273 g/mol. The molecule has 5 heteroatoms. The number of hydrogen-bond donors (Lipinski definition) is 3. The highest BCUT2D eigenvalue weighted by atomic mass is 16.3. The zero-order chi connectivity index (χ0) is 14.4. The molecule has 2 aromatic rings. The molecule has 1 heterocycles. The van der Waals surface area contributed by atoms with E-state index in [2.05, 4.69) is 22.9 Å². The summed E-state index contributed by atoms with van der Waals surface area (Å²) in [6.07, 6.45) is 2.51. The molecule has 0 fully saturated rings. The highest BCUT2D eigenvalue weighted by Gasteiger charge is 2.06. The SMILES string of the molecule is CNC(=O)Nc1ccc(NC(C)Cc2ccco2)cc1. The van der Waals surface area contributed by atoms with Gasteiger partial charge in [0.1, 0.15) is 5.76 Å². The fraction of sp³-hybridized carbons (Fsp3) is 0.267. The summed E-state index contributed by atoms with van der Waals surface area (Å²) in [5.41, 5.74) is 1.76. The molecule has 0 spiro atoms. The summed E-state index contributed by atoms with van der Waals surface area (Å²) in [5, 5.41) is 8.61. The zero-order valence-electron chi connectivity index (χ0n) is 11.6. The lowest BCUT2D eigenvalue weighted by Gasteiger charge is -2.14. The second kappa shape index (κ2) is 6.65. The zero-order valence-corrected chi connectivity index (χ0v) is 11.6. The highest BCUT2D eigenvalue weighted by molar-refractivity contribution is 5.89. The summed E-state index contributed by atoms with van der Waals surface area (Å²) in [5.74, 6) is 0.961. The molecule has 1 aromatic carbocycles. The van der Waals surface area contributed by atoms with E-state index in [9.17, 15) is 4.79 Å². The van der Waals surface area contributed by atoms with Crippen LogP contribution in [0.3, 0.4) is 0 Å². The Bertz CT molecular complexity index is 535. The fourth-order valence-electron chi connectivity index (χ4n) is 1.91. The van der Waals surface area contributed by atoms with Gasteiger partial charge in [-0.05, 0) is 43.3 Å². The van der Waals surface area contributed by atoms with Gasteiger partial charge in [-0.1, -0.05) is 0 Å². The first-order chi connectivity index (χ1) is 9.67. The third kappa shape index (κ3) is 4.05. The van der Waals surface area contributed by atoms with Crippen molar-refractivity contribution in [3.05, 3.63) is 48.4 Å². The first-order valence-corrected chi connectivity index (χ1v) is 6.55. The molecule has 1 unspecified atom stereocenters. The molecule has 0 bridgehead atoms. The highest BCUT2D eigenvalue weighted by Crippen LogP contribution is 2.15. The summed E-state index contributed by atoms with van der Waals surface area (Å²) >= 11 is 0. The van der Waals surface area contributed by atoms with Crippen LogP contribution in [-0.4, -0.2) is 19.1 Å². The van der Waals surface area contributed by atoms with E-state index < -0.39 is 0 Å². The number of benzene rings is 1. The Kier molecular flexibility index (Phi) is 4.65. The minimum Gasteiger partial charge on any atom is -0.469 e. The van der Waals surface area contributed by atoms with E-state index in [4.69, 9.17) is 4.42 Å².